The zero-order valence-electron chi connectivity index (χ0n) is 15.7. The van der Waals surface area contributed by atoms with E-state index in [1.54, 1.807) is 20.8 Å². The van der Waals surface area contributed by atoms with Crippen molar-refractivity contribution >= 4 is 29.3 Å². The minimum Gasteiger partial charge on any atom is -0.465 e. The lowest BCUT2D eigenvalue weighted by Crippen LogP contribution is -2.33. The van der Waals surface area contributed by atoms with Gasteiger partial charge in [-0.15, -0.1) is 0 Å². The van der Waals surface area contributed by atoms with Crippen LogP contribution >= 0.6 is 0 Å². The molecule has 8 nitrogen and oxygen atoms in total. The quantitative estimate of drug-likeness (QED) is 0.388. The van der Waals surface area contributed by atoms with Crippen LogP contribution in [-0.4, -0.2) is 37.2 Å². The SMILES string of the molecule is COC(=O)c1ccc(N)c(NC(=O)CCCCNC(=O)OC(C)(C)C)c1. The number of esters is 1. The molecule has 26 heavy (non-hydrogen) atoms. The van der Waals surface area contributed by atoms with Crippen molar-refractivity contribution in [2.24, 2.45) is 0 Å². The average Bonchev–Trinajstić information content (AvgIpc) is 2.54. The number of unbranched alkanes of at least 4 members (excludes halogenated alkanes) is 1. The summed E-state index contributed by atoms with van der Waals surface area (Å²) in [6, 6.07) is 4.54. The Labute approximate surface area is 153 Å². The third-order valence-electron chi connectivity index (χ3n) is 3.25. The van der Waals surface area contributed by atoms with Gasteiger partial charge in [0.05, 0.1) is 24.0 Å². The van der Waals surface area contributed by atoms with Crippen LogP contribution in [-0.2, 0) is 14.3 Å². The number of ether oxygens (including phenoxy) is 2. The molecule has 0 fully saturated rings. The smallest absolute Gasteiger partial charge is 0.407 e. The second kappa shape index (κ2) is 9.65. The van der Waals surface area contributed by atoms with E-state index in [1.807, 2.05) is 0 Å². The number of hydrogen-bond acceptors (Lipinski definition) is 6. The fraction of sp³-hybridized carbons (Fsp3) is 0.500. The highest BCUT2D eigenvalue weighted by Crippen LogP contribution is 2.21. The van der Waals surface area contributed by atoms with Gasteiger partial charge in [0.2, 0.25) is 5.91 Å². The van der Waals surface area contributed by atoms with Gasteiger partial charge >= 0.3 is 12.1 Å². The second-order valence-corrected chi connectivity index (χ2v) is 6.73. The van der Waals surface area contributed by atoms with E-state index < -0.39 is 17.7 Å². The summed E-state index contributed by atoms with van der Waals surface area (Å²) in [4.78, 5) is 35.0. The zero-order valence-corrected chi connectivity index (χ0v) is 15.7. The number of alkyl carbamates (subject to hydrolysis) is 1. The van der Waals surface area contributed by atoms with Crippen LogP contribution in [0.5, 0.6) is 0 Å². The lowest BCUT2D eigenvalue weighted by molar-refractivity contribution is -0.116. The van der Waals surface area contributed by atoms with E-state index in [-0.39, 0.29) is 12.3 Å². The number of nitrogens with two attached hydrogens (primary N) is 1. The molecule has 1 aromatic carbocycles. The molecule has 144 valence electrons. The third kappa shape index (κ3) is 7.87. The van der Waals surface area contributed by atoms with Gasteiger partial charge in [0.15, 0.2) is 0 Å². The topological polar surface area (TPSA) is 120 Å². The Balaban J connectivity index is 2.37. The first-order valence-corrected chi connectivity index (χ1v) is 8.37. The van der Waals surface area contributed by atoms with Crippen LogP contribution < -0.4 is 16.4 Å². The lowest BCUT2D eigenvalue weighted by atomic mass is 10.1. The molecule has 0 heterocycles. The molecular formula is C18H27N3O5. The van der Waals surface area contributed by atoms with Gasteiger partial charge in [-0.3, -0.25) is 4.79 Å². The van der Waals surface area contributed by atoms with Gasteiger partial charge in [-0.2, -0.15) is 0 Å². The number of carbonyl (C=O) groups excluding carboxylic acids is 3. The zero-order chi connectivity index (χ0) is 19.7. The maximum absolute atomic E-state index is 12.0. The molecule has 0 radical (unpaired) electrons. The van der Waals surface area contributed by atoms with Crippen molar-refractivity contribution in [2.75, 3.05) is 24.7 Å². The van der Waals surface area contributed by atoms with Crippen molar-refractivity contribution in [3.63, 3.8) is 0 Å². The van der Waals surface area contributed by atoms with Gasteiger partial charge in [0, 0.05) is 13.0 Å². The molecule has 0 spiro atoms. The fourth-order valence-corrected chi connectivity index (χ4v) is 2.04. The summed E-state index contributed by atoms with van der Waals surface area (Å²) in [5.74, 6) is -0.732. The summed E-state index contributed by atoms with van der Waals surface area (Å²) in [6.07, 6.45) is 0.995. The molecular weight excluding hydrogens is 338 g/mol. The summed E-state index contributed by atoms with van der Waals surface area (Å²) in [7, 11) is 1.28. The molecule has 0 saturated heterocycles. The maximum atomic E-state index is 12.0. The number of nitrogens with one attached hydrogen (secondary N) is 2. The molecule has 1 aromatic rings. The van der Waals surface area contributed by atoms with E-state index >= 15 is 0 Å². The molecule has 0 unspecified atom stereocenters. The number of methoxy groups -OCH3 is 1. The van der Waals surface area contributed by atoms with Crippen LogP contribution in [0.4, 0.5) is 16.2 Å². The van der Waals surface area contributed by atoms with Crippen molar-refractivity contribution in [1.29, 1.82) is 0 Å². The minimum absolute atomic E-state index is 0.226. The minimum atomic E-state index is -0.539. The van der Waals surface area contributed by atoms with Gasteiger partial charge in [-0.1, -0.05) is 0 Å². The first-order valence-electron chi connectivity index (χ1n) is 8.37. The number of rotatable bonds is 7. The van der Waals surface area contributed by atoms with Crippen LogP contribution in [0.25, 0.3) is 0 Å². The Hall–Kier alpha value is -2.77. The molecule has 0 saturated carbocycles. The van der Waals surface area contributed by atoms with Gasteiger partial charge in [0.25, 0.3) is 0 Å². The number of amides is 2. The molecule has 2 amide bonds. The molecule has 0 aliphatic carbocycles. The number of benzene rings is 1. The van der Waals surface area contributed by atoms with Crippen molar-refractivity contribution in [1.82, 2.24) is 5.32 Å². The number of hydrogen-bond donors (Lipinski definition) is 3. The first kappa shape index (κ1) is 21.3. The van der Waals surface area contributed by atoms with Gasteiger partial charge in [0.1, 0.15) is 5.60 Å². The van der Waals surface area contributed by atoms with Crippen molar-refractivity contribution in [3.8, 4) is 0 Å². The molecule has 0 aliphatic heterocycles. The molecule has 0 bridgehead atoms. The molecule has 4 N–H and O–H groups in total. The highest BCUT2D eigenvalue weighted by Gasteiger charge is 2.15. The molecule has 0 atom stereocenters. The molecule has 8 heteroatoms. The van der Waals surface area contributed by atoms with Crippen LogP contribution in [0, 0.1) is 0 Å². The second-order valence-electron chi connectivity index (χ2n) is 6.73. The predicted molar refractivity (Wildman–Crippen MR) is 98.9 cm³/mol. The summed E-state index contributed by atoms with van der Waals surface area (Å²) in [5.41, 5.74) is 6.30. The Morgan fingerprint density at radius 2 is 1.85 bits per heavy atom. The van der Waals surface area contributed by atoms with Gasteiger partial charge in [-0.05, 0) is 51.8 Å². The highest BCUT2D eigenvalue weighted by molar-refractivity contribution is 5.97. The standard InChI is InChI=1S/C18H27N3O5/c1-18(2,3)26-17(24)20-10-6-5-7-15(22)21-14-11-12(16(23)25-4)8-9-13(14)19/h8-9,11H,5-7,10,19H2,1-4H3,(H,20,24)(H,21,22). The maximum Gasteiger partial charge on any atom is 0.407 e. The predicted octanol–water partition coefficient (Wildman–Crippen LogP) is 2.69. The molecule has 0 aliphatic rings. The van der Waals surface area contributed by atoms with E-state index in [2.05, 4.69) is 15.4 Å². The van der Waals surface area contributed by atoms with Crippen LogP contribution in [0.15, 0.2) is 18.2 Å². The van der Waals surface area contributed by atoms with Crippen LogP contribution in [0.3, 0.4) is 0 Å². The summed E-state index contributed by atoms with van der Waals surface area (Å²) in [5, 5.41) is 5.31. The number of anilines is 2. The largest absolute Gasteiger partial charge is 0.465 e. The van der Waals surface area contributed by atoms with E-state index in [9.17, 15) is 14.4 Å². The highest BCUT2D eigenvalue weighted by atomic mass is 16.6. The molecule has 1 rings (SSSR count). The Kier molecular flexibility index (Phi) is 7.89. The summed E-state index contributed by atoms with van der Waals surface area (Å²) >= 11 is 0. The number of carbonyl (C=O) groups is 3. The van der Waals surface area contributed by atoms with E-state index in [0.717, 1.165) is 0 Å². The van der Waals surface area contributed by atoms with E-state index in [4.69, 9.17) is 10.5 Å². The summed E-state index contributed by atoms with van der Waals surface area (Å²) < 4.78 is 9.76. The normalized spacial score (nSPS) is 10.8. The lowest BCUT2D eigenvalue weighted by Gasteiger charge is -2.19. The van der Waals surface area contributed by atoms with E-state index in [0.29, 0.717) is 36.3 Å². The van der Waals surface area contributed by atoms with Gasteiger partial charge in [-0.25, -0.2) is 9.59 Å². The van der Waals surface area contributed by atoms with Crippen LogP contribution in [0.1, 0.15) is 50.4 Å². The monoisotopic (exact) mass is 365 g/mol. The van der Waals surface area contributed by atoms with E-state index in [1.165, 1.54) is 25.3 Å². The average molecular weight is 365 g/mol. The third-order valence-corrected chi connectivity index (χ3v) is 3.25. The molecule has 0 aromatic heterocycles. The van der Waals surface area contributed by atoms with Crippen molar-refractivity contribution in [2.45, 2.75) is 45.6 Å². The van der Waals surface area contributed by atoms with Crippen molar-refractivity contribution < 1.29 is 23.9 Å². The first-order chi connectivity index (χ1) is 12.1. The summed E-state index contributed by atoms with van der Waals surface area (Å²) in [6.45, 7) is 5.79. The van der Waals surface area contributed by atoms with Gasteiger partial charge < -0.3 is 25.8 Å². The Morgan fingerprint density at radius 1 is 1.15 bits per heavy atom. The number of nitrogen functional groups attached to an aromatic ring is 1. The Morgan fingerprint density at radius 3 is 2.46 bits per heavy atom. The Bertz CT molecular complexity index is 653. The fourth-order valence-electron chi connectivity index (χ4n) is 2.04. The van der Waals surface area contributed by atoms with Crippen LogP contribution in [0.2, 0.25) is 0 Å². The van der Waals surface area contributed by atoms with Crippen molar-refractivity contribution in [3.05, 3.63) is 23.8 Å².